The molecule has 0 radical (unpaired) electrons. The number of ketones is 1. The summed E-state index contributed by atoms with van der Waals surface area (Å²) in [6.07, 6.45) is -3.28. The van der Waals surface area contributed by atoms with E-state index in [1.807, 2.05) is 0 Å². The number of halogens is 4. The highest BCUT2D eigenvalue weighted by molar-refractivity contribution is 6.30. The van der Waals surface area contributed by atoms with E-state index in [0.717, 1.165) is 5.56 Å². The van der Waals surface area contributed by atoms with E-state index in [0.29, 0.717) is 15.7 Å². The predicted molar refractivity (Wildman–Crippen MR) is 148 cm³/mol. The molecule has 1 aromatic carbocycles. The highest BCUT2D eigenvalue weighted by Crippen LogP contribution is 2.41. The molecule has 0 bridgehead atoms. The summed E-state index contributed by atoms with van der Waals surface area (Å²) in [5.41, 5.74) is 4.09. The number of ether oxygens (including phenoxy) is 1. The number of carbonyl (C=O) groups is 3. The zero-order valence-corrected chi connectivity index (χ0v) is 23.8. The zero-order chi connectivity index (χ0) is 30.7. The maximum absolute atomic E-state index is 14.2. The molecule has 0 saturated carbocycles. The number of aromatic nitrogens is 1. The van der Waals surface area contributed by atoms with Crippen LogP contribution in [0.15, 0.2) is 53.8 Å². The van der Waals surface area contributed by atoms with Crippen molar-refractivity contribution in [2.75, 3.05) is 19.7 Å². The van der Waals surface area contributed by atoms with Gasteiger partial charge in [-0.2, -0.15) is 18.3 Å². The molecule has 1 saturated heterocycles. The van der Waals surface area contributed by atoms with E-state index in [1.54, 1.807) is 42.5 Å². The third-order valence-electron chi connectivity index (χ3n) is 7.08. The van der Waals surface area contributed by atoms with E-state index in [1.165, 1.54) is 20.0 Å². The van der Waals surface area contributed by atoms with E-state index in [4.69, 9.17) is 22.1 Å². The molecule has 0 aliphatic carbocycles. The second-order valence-corrected chi connectivity index (χ2v) is 11.4. The Morgan fingerprint density at radius 1 is 1.24 bits per heavy atom. The van der Waals surface area contributed by atoms with Gasteiger partial charge in [0.05, 0.1) is 30.5 Å². The number of amides is 2. The van der Waals surface area contributed by atoms with Gasteiger partial charge in [-0.25, -0.2) is 5.01 Å². The standard InChI is InChI=1S/C28H32ClF3N6O4/c1-26(2,33)24(40)36-20(15-42-14-17-6-8-18(29)9-7-17)22(39)23-27(13-19-5-3-4-11-34-19)21(10-12-35-23)37-38(25(27)41)16-28(30,31)32/h3-9,11,20,23,35H,10,12-16,33H2,1-2H3,(H,36,40)/t20-,23-,27+/m1/s1. The number of piperidine rings is 1. The van der Waals surface area contributed by atoms with Gasteiger partial charge in [-0.15, -0.1) is 0 Å². The third kappa shape index (κ3) is 7.14. The van der Waals surface area contributed by atoms with Gasteiger partial charge in [0.15, 0.2) is 5.78 Å². The number of Topliss-reactive ketones (excluding diaryl/α,β-unsaturated/α-hetero) is 1. The molecule has 0 unspecified atom stereocenters. The van der Waals surface area contributed by atoms with Crippen molar-refractivity contribution in [2.24, 2.45) is 16.3 Å². The third-order valence-corrected chi connectivity index (χ3v) is 7.33. The Morgan fingerprint density at radius 3 is 2.57 bits per heavy atom. The van der Waals surface area contributed by atoms with Crippen LogP contribution < -0.4 is 16.4 Å². The molecule has 4 N–H and O–H groups in total. The Balaban J connectivity index is 1.68. The lowest BCUT2D eigenvalue weighted by molar-refractivity contribution is -0.164. The first-order valence-electron chi connectivity index (χ1n) is 13.3. The number of hydrazone groups is 1. The van der Waals surface area contributed by atoms with Crippen LogP contribution in [-0.4, -0.2) is 76.8 Å². The quantitative estimate of drug-likeness (QED) is 0.356. The van der Waals surface area contributed by atoms with Gasteiger partial charge >= 0.3 is 6.18 Å². The molecule has 3 atom stereocenters. The monoisotopic (exact) mass is 608 g/mol. The first kappa shape index (κ1) is 31.5. The van der Waals surface area contributed by atoms with Crippen LogP contribution in [0.1, 0.15) is 31.5 Å². The van der Waals surface area contributed by atoms with Gasteiger partial charge in [0.25, 0.3) is 5.91 Å². The maximum Gasteiger partial charge on any atom is 0.408 e. The van der Waals surface area contributed by atoms with E-state index in [-0.39, 0.29) is 38.3 Å². The van der Waals surface area contributed by atoms with Crippen molar-refractivity contribution in [1.29, 1.82) is 0 Å². The van der Waals surface area contributed by atoms with Crippen LogP contribution in [0.25, 0.3) is 0 Å². The maximum atomic E-state index is 14.2. The van der Waals surface area contributed by atoms with Gasteiger partial charge in [0.1, 0.15) is 18.0 Å². The highest BCUT2D eigenvalue weighted by Gasteiger charge is 2.61. The van der Waals surface area contributed by atoms with E-state index < -0.39 is 53.4 Å². The minimum atomic E-state index is -4.72. The number of pyridine rings is 1. The molecular weight excluding hydrogens is 577 g/mol. The average molecular weight is 609 g/mol. The molecule has 2 aromatic rings. The lowest BCUT2D eigenvalue weighted by Gasteiger charge is -2.41. The van der Waals surface area contributed by atoms with Crippen molar-refractivity contribution >= 4 is 34.9 Å². The van der Waals surface area contributed by atoms with Gasteiger partial charge in [0.2, 0.25) is 5.91 Å². The van der Waals surface area contributed by atoms with Gasteiger partial charge in [0, 0.05) is 36.3 Å². The summed E-state index contributed by atoms with van der Waals surface area (Å²) in [5.74, 6) is -2.29. The molecule has 0 spiro atoms. The van der Waals surface area contributed by atoms with Crippen LogP contribution in [0.5, 0.6) is 0 Å². The number of nitrogens with one attached hydrogen (secondary N) is 2. The second-order valence-electron chi connectivity index (χ2n) is 10.9. The van der Waals surface area contributed by atoms with Gasteiger partial charge < -0.3 is 21.1 Å². The molecular formula is C28H32ClF3N6O4. The van der Waals surface area contributed by atoms with Crippen molar-refractivity contribution in [3.8, 4) is 0 Å². The Morgan fingerprint density at radius 2 is 1.95 bits per heavy atom. The van der Waals surface area contributed by atoms with Crippen LogP contribution in [0.3, 0.4) is 0 Å². The lowest BCUT2D eigenvalue weighted by atomic mass is 9.67. The number of nitrogens with two attached hydrogens (primary N) is 1. The normalized spacial score (nSPS) is 21.5. The molecule has 226 valence electrons. The number of carbonyl (C=O) groups excluding carboxylic acids is 3. The molecule has 2 aliphatic rings. The average Bonchev–Trinajstić information content (AvgIpc) is 3.18. The molecule has 4 rings (SSSR count). The fourth-order valence-corrected chi connectivity index (χ4v) is 5.14. The van der Waals surface area contributed by atoms with Crippen LogP contribution >= 0.6 is 11.6 Å². The molecule has 2 aliphatic heterocycles. The number of benzene rings is 1. The number of nitrogens with zero attached hydrogens (tertiary/aromatic N) is 3. The second kappa shape index (κ2) is 12.5. The van der Waals surface area contributed by atoms with Crippen LogP contribution in [0.2, 0.25) is 5.02 Å². The first-order chi connectivity index (χ1) is 19.7. The summed E-state index contributed by atoms with van der Waals surface area (Å²) in [7, 11) is 0. The SMILES string of the molecule is CC(C)(N)C(=O)N[C@H](COCc1ccc(Cl)cc1)C(=O)[C@H]1NCCC2=NN(CC(F)(F)F)C(=O)[C@@]21Cc1ccccn1. The summed E-state index contributed by atoms with van der Waals surface area (Å²) in [4.78, 5) is 45.2. The fraction of sp³-hybridized carbons (Fsp3) is 0.464. The van der Waals surface area contributed by atoms with E-state index in [2.05, 4.69) is 20.7 Å². The molecule has 42 heavy (non-hydrogen) atoms. The van der Waals surface area contributed by atoms with Gasteiger partial charge in [-0.05, 0) is 43.7 Å². The summed E-state index contributed by atoms with van der Waals surface area (Å²) in [6, 6.07) is 9.13. The topological polar surface area (TPSA) is 139 Å². The van der Waals surface area contributed by atoms with Crippen LogP contribution in [0.4, 0.5) is 13.2 Å². The summed E-state index contributed by atoms with van der Waals surface area (Å²) >= 11 is 5.94. The number of rotatable bonds is 11. The van der Waals surface area contributed by atoms with Gasteiger partial charge in [-0.3, -0.25) is 19.4 Å². The molecule has 10 nitrogen and oxygen atoms in total. The Hall–Kier alpha value is -3.39. The Labute approximate surface area is 245 Å². The number of hydrogen-bond donors (Lipinski definition) is 3. The van der Waals surface area contributed by atoms with Crippen molar-refractivity contribution in [3.05, 3.63) is 64.9 Å². The fourth-order valence-electron chi connectivity index (χ4n) is 5.01. The molecule has 3 heterocycles. The minimum absolute atomic E-state index is 0.0744. The molecule has 14 heteroatoms. The minimum Gasteiger partial charge on any atom is -0.374 e. The number of fused-ring (bicyclic) bond motifs is 1. The lowest BCUT2D eigenvalue weighted by Crippen LogP contribution is -2.67. The summed E-state index contributed by atoms with van der Waals surface area (Å²) in [6.45, 7) is 1.26. The molecule has 1 aromatic heterocycles. The van der Waals surface area contributed by atoms with E-state index >= 15 is 0 Å². The van der Waals surface area contributed by atoms with Crippen LogP contribution in [-0.2, 0) is 32.1 Å². The molecule has 2 amide bonds. The Kier molecular flexibility index (Phi) is 9.36. The largest absolute Gasteiger partial charge is 0.408 e. The first-order valence-corrected chi connectivity index (χ1v) is 13.6. The van der Waals surface area contributed by atoms with E-state index in [9.17, 15) is 27.6 Å². The Bertz CT molecular complexity index is 1330. The highest BCUT2D eigenvalue weighted by atomic mass is 35.5. The smallest absolute Gasteiger partial charge is 0.374 e. The summed E-state index contributed by atoms with van der Waals surface area (Å²) in [5, 5.41) is 10.6. The number of alkyl halides is 3. The summed E-state index contributed by atoms with van der Waals surface area (Å²) < 4.78 is 46.0. The van der Waals surface area contributed by atoms with Crippen molar-refractivity contribution < 1.29 is 32.3 Å². The van der Waals surface area contributed by atoms with Crippen LogP contribution in [0, 0.1) is 5.41 Å². The van der Waals surface area contributed by atoms with Crippen molar-refractivity contribution in [3.63, 3.8) is 0 Å². The number of hydrogen-bond acceptors (Lipinski definition) is 8. The van der Waals surface area contributed by atoms with Crippen molar-refractivity contribution in [1.82, 2.24) is 20.6 Å². The predicted octanol–water partition coefficient (Wildman–Crippen LogP) is 2.39. The zero-order valence-electron chi connectivity index (χ0n) is 23.1. The van der Waals surface area contributed by atoms with Gasteiger partial charge in [-0.1, -0.05) is 29.8 Å². The molecule has 1 fully saturated rings. The van der Waals surface area contributed by atoms with Crippen molar-refractivity contribution in [2.45, 2.75) is 57.1 Å².